The van der Waals surface area contributed by atoms with Crippen molar-refractivity contribution in [3.63, 3.8) is 0 Å². The van der Waals surface area contributed by atoms with Crippen molar-refractivity contribution >= 4 is 11.7 Å². The van der Waals surface area contributed by atoms with Crippen LogP contribution < -0.4 is 5.32 Å². The average Bonchev–Trinajstić information content (AvgIpc) is 3.17. The van der Waals surface area contributed by atoms with Crippen LogP contribution in [0.25, 0.3) is 0 Å². The third-order valence-corrected chi connectivity index (χ3v) is 5.88. The molecule has 1 aromatic carbocycles. The van der Waals surface area contributed by atoms with E-state index in [1.54, 1.807) is 6.20 Å². The van der Waals surface area contributed by atoms with E-state index >= 15 is 0 Å². The molecule has 1 N–H and O–H groups in total. The Morgan fingerprint density at radius 3 is 2.38 bits per heavy atom. The number of anilines is 1. The zero-order valence-electron chi connectivity index (χ0n) is 15.3. The lowest BCUT2D eigenvalue weighted by molar-refractivity contribution is 0.101. The Bertz CT molecular complexity index is 713. The minimum atomic E-state index is -0.0769. The first-order chi connectivity index (χ1) is 12.8. The molecule has 1 amide bonds. The third-order valence-electron chi connectivity index (χ3n) is 5.88. The number of benzene rings is 1. The van der Waals surface area contributed by atoms with Gasteiger partial charge in [-0.25, -0.2) is 4.68 Å². The van der Waals surface area contributed by atoms with Crippen LogP contribution in [0.2, 0.25) is 0 Å². The van der Waals surface area contributed by atoms with Gasteiger partial charge in [-0.3, -0.25) is 4.79 Å². The van der Waals surface area contributed by atoms with Gasteiger partial charge in [0.15, 0.2) is 0 Å². The van der Waals surface area contributed by atoms with Gasteiger partial charge in [0.25, 0.3) is 5.91 Å². The van der Waals surface area contributed by atoms with Crippen LogP contribution in [0.1, 0.15) is 61.3 Å². The number of rotatable bonds is 4. The second-order valence-electron chi connectivity index (χ2n) is 7.54. The van der Waals surface area contributed by atoms with E-state index in [1.807, 2.05) is 41.1 Å². The van der Waals surface area contributed by atoms with Gasteiger partial charge in [-0.05, 0) is 37.8 Å². The Morgan fingerprint density at radius 2 is 1.65 bits per heavy atom. The number of hydrogen-bond donors (Lipinski definition) is 1. The molecule has 0 spiro atoms. The maximum absolute atomic E-state index is 12.4. The summed E-state index contributed by atoms with van der Waals surface area (Å²) in [5, 5.41) is 7.53. The number of likely N-dealkylation sites (tertiary alicyclic amines) is 1. The molecule has 1 saturated heterocycles. The van der Waals surface area contributed by atoms with Crippen LogP contribution >= 0.6 is 0 Å². The van der Waals surface area contributed by atoms with Crippen LogP contribution in [0, 0.1) is 0 Å². The summed E-state index contributed by atoms with van der Waals surface area (Å²) in [6.45, 7) is 2.28. The molecule has 1 aliphatic carbocycles. The molecule has 2 heterocycles. The van der Waals surface area contributed by atoms with Crippen molar-refractivity contribution in [2.75, 3.05) is 18.4 Å². The Hall–Kier alpha value is -2.14. The molecule has 0 bridgehead atoms. The highest BCUT2D eigenvalue weighted by atomic mass is 16.1. The Morgan fingerprint density at radius 1 is 0.923 bits per heavy atom. The highest BCUT2D eigenvalue weighted by molar-refractivity contribution is 6.03. The Kier molecular flexibility index (Phi) is 5.34. The van der Waals surface area contributed by atoms with E-state index in [9.17, 15) is 4.79 Å². The summed E-state index contributed by atoms with van der Waals surface area (Å²) < 4.78 is 2.01. The van der Waals surface area contributed by atoms with Gasteiger partial charge in [0, 0.05) is 30.8 Å². The summed E-state index contributed by atoms with van der Waals surface area (Å²) in [5.74, 6) is 0.724. The van der Waals surface area contributed by atoms with E-state index in [0.717, 1.165) is 37.8 Å². The molecule has 0 unspecified atom stereocenters. The van der Waals surface area contributed by atoms with Gasteiger partial charge < -0.3 is 10.2 Å². The van der Waals surface area contributed by atoms with Crippen LogP contribution in [-0.4, -0.2) is 39.7 Å². The Labute approximate surface area is 155 Å². The first kappa shape index (κ1) is 17.3. The van der Waals surface area contributed by atoms with Crippen molar-refractivity contribution < 1.29 is 4.79 Å². The molecule has 138 valence electrons. The summed E-state index contributed by atoms with van der Waals surface area (Å²) >= 11 is 0. The van der Waals surface area contributed by atoms with E-state index in [1.165, 1.54) is 32.1 Å². The van der Waals surface area contributed by atoms with E-state index in [0.29, 0.717) is 11.6 Å². The predicted molar refractivity (Wildman–Crippen MR) is 103 cm³/mol. The molecule has 1 aromatic heterocycles. The van der Waals surface area contributed by atoms with Crippen LogP contribution in [0.15, 0.2) is 42.6 Å². The van der Waals surface area contributed by atoms with E-state index < -0.39 is 0 Å². The number of aromatic nitrogens is 2. The van der Waals surface area contributed by atoms with Gasteiger partial charge in [-0.15, -0.1) is 0 Å². The number of carbonyl (C=O) groups excluding carboxylic acids is 1. The zero-order chi connectivity index (χ0) is 17.8. The second kappa shape index (κ2) is 8.04. The van der Waals surface area contributed by atoms with Crippen LogP contribution in [0.5, 0.6) is 0 Å². The number of nitrogens with zero attached hydrogens (tertiary/aromatic N) is 3. The monoisotopic (exact) mass is 352 g/mol. The topological polar surface area (TPSA) is 50.2 Å². The van der Waals surface area contributed by atoms with Gasteiger partial charge in [-0.1, -0.05) is 37.5 Å². The van der Waals surface area contributed by atoms with Gasteiger partial charge in [0.05, 0.1) is 12.2 Å². The molecule has 4 rings (SSSR count). The summed E-state index contributed by atoms with van der Waals surface area (Å²) in [6.07, 6.45) is 10.9. The maximum Gasteiger partial charge on any atom is 0.256 e. The molecule has 2 aliphatic rings. The minimum absolute atomic E-state index is 0.0769. The fourth-order valence-electron chi connectivity index (χ4n) is 4.42. The van der Waals surface area contributed by atoms with Crippen molar-refractivity contribution in [2.24, 2.45) is 0 Å². The van der Waals surface area contributed by atoms with Crippen LogP contribution in [0.4, 0.5) is 5.82 Å². The Balaban J connectivity index is 1.37. The highest BCUT2D eigenvalue weighted by Gasteiger charge is 2.28. The lowest BCUT2D eigenvalue weighted by Gasteiger charge is -2.39. The first-order valence-electron chi connectivity index (χ1n) is 9.95. The number of piperidine rings is 1. The van der Waals surface area contributed by atoms with Crippen LogP contribution in [-0.2, 0) is 0 Å². The largest absolute Gasteiger partial charge is 0.307 e. The molecule has 26 heavy (non-hydrogen) atoms. The fourth-order valence-corrected chi connectivity index (χ4v) is 4.42. The minimum Gasteiger partial charge on any atom is -0.307 e. The maximum atomic E-state index is 12.4. The zero-order valence-corrected chi connectivity index (χ0v) is 15.3. The van der Waals surface area contributed by atoms with Gasteiger partial charge in [-0.2, -0.15) is 5.10 Å². The lowest BCUT2D eigenvalue weighted by atomic mass is 9.92. The summed E-state index contributed by atoms with van der Waals surface area (Å²) in [5.41, 5.74) is 0.673. The summed E-state index contributed by atoms with van der Waals surface area (Å²) in [6, 6.07) is 12.4. The number of nitrogens with one attached hydrogen (secondary N) is 1. The number of hydrogen-bond acceptors (Lipinski definition) is 3. The normalized spacial score (nSPS) is 20.2. The lowest BCUT2D eigenvalue weighted by Crippen LogP contribution is -2.43. The standard InChI is InChI=1S/C21H28N4O/c26-21(17-7-3-1-4-8-17)23-20-11-14-22-25(20)19-12-15-24(16-13-19)18-9-5-2-6-10-18/h1,3-4,7-8,11,14,18-19H,2,5-6,9-10,12-13,15-16H2,(H,23,26). The van der Waals surface area contributed by atoms with Gasteiger partial charge in [0.2, 0.25) is 0 Å². The van der Waals surface area contributed by atoms with E-state index in [4.69, 9.17) is 0 Å². The first-order valence-corrected chi connectivity index (χ1v) is 9.95. The average molecular weight is 352 g/mol. The molecule has 1 aliphatic heterocycles. The van der Waals surface area contributed by atoms with Crippen molar-refractivity contribution in [3.05, 3.63) is 48.2 Å². The number of carbonyl (C=O) groups is 1. The van der Waals surface area contributed by atoms with Crippen molar-refractivity contribution in [1.82, 2.24) is 14.7 Å². The quantitative estimate of drug-likeness (QED) is 0.901. The second-order valence-corrected chi connectivity index (χ2v) is 7.54. The molecule has 2 fully saturated rings. The molecule has 2 aromatic rings. The number of amides is 1. The SMILES string of the molecule is O=C(Nc1ccnn1C1CCN(C2CCCCC2)CC1)c1ccccc1. The molecule has 1 saturated carbocycles. The van der Waals surface area contributed by atoms with Crippen molar-refractivity contribution in [3.8, 4) is 0 Å². The van der Waals surface area contributed by atoms with Crippen molar-refractivity contribution in [2.45, 2.75) is 57.0 Å². The fraction of sp³-hybridized carbons (Fsp3) is 0.524. The molecule has 5 nitrogen and oxygen atoms in total. The third kappa shape index (κ3) is 3.83. The molecular weight excluding hydrogens is 324 g/mol. The van der Waals surface area contributed by atoms with E-state index in [2.05, 4.69) is 15.3 Å². The van der Waals surface area contributed by atoms with Crippen LogP contribution in [0.3, 0.4) is 0 Å². The van der Waals surface area contributed by atoms with Gasteiger partial charge in [0.1, 0.15) is 5.82 Å². The smallest absolute Gasteiger partial charge is 0.256 e. The summed E-state index contributed by atoms with van der Waals surface area (Å²) in [7, 11) is 0. The summed E-state index contributed by atoms with van der Waals surface area (Å²) in [4.78, 5) is 15.1. The van der Waals surface area contributed by atoms with Crippen molar-refractivity contribution in [1.29, 1.82) is 0 Å². The van der Waals surface area contributed by atoms with Gasteiger partial charge >= 0.3 is 0 Å². The molecule has 0 atom stereocenters. The molecular formula is C21H28N4O. The van der Waals surface area contributed by atoms with E-state index in [-0.39, 0.29) is 5.91 Å². The predicted octanol–water partition coefficient (Wildman–Crippen LogP) is 4.11. The molecule has 0 radical (unpaired) electrons. The molecule has 5 heteroatoms. The highest BCUT2D eigenvalue weighted by Crippen LogP contribution is 2.30.